The van der Waals surface area contributed by atoms with Gasteiger partial charge in [0.2, 0.25) is 0 Å². The van der Waals surface area contributed by atoms with Crippen LogP contribution in [0.1, 0.15) is 0 Å². The Labute approximate surface area is 75.9 Å². The number of ether oxygens (including phenoxy) is 1. The molecular formula is C4H4N4O6. The van der Waals surface area contributed by atoms with Crippen molar-refractivity contribution in [2.24, 2.45) is 10.2 Å². The van der Waals surface area contributed by atoms with Crippen LogP contribution in [0.4, 0.5) is 9.59 Å². The zero-order valence-corrected chi connectivity index (χ0v) is 6.45. The molecular weight excluding hydrogens is 200 g/mol. The molecule has 0 fully saturated rings. The minimum Gasteiger partial charge on any atom is -0.449 e. The van der Waals surface area contributed by atoms with Crippen molar-refractivity contribution in [1.29, 1.82) is 0 Å². The number of nitrogens with zero attached hydrogens (tertiary/aromatic N) is 3. The van der Waals surface area contributed by atoms with E-state index in [0.717, 1.165) is 6.21 Å². The highest BCUT2D eigenvalue weighted by Gasteiger charge is 2.13. The fourth-order valence-corrected chi connectivity index (χ4v) is 0.505. The number of hydrazine groups is 1. The lowest BCUT2D eigenvalue weighted by Gasteiger charge is -2.16. The molecule has 1 aliphatic heterocycles. The Balaban J connectivity index is 2.44. The average molecular weight is 204 g/mol. The van der Waals surface area contributed by atoms with Gasteiger partial charge in [-0.25, -0.2) is 9.59 Å². The molecule has 1 rings (SSSR count). The molecule has 0 spiro atoms. The molecule has 1 heterocycles. The predicted octanol–water partition coefficient (Wildman–Crippen LogP) is -0.590. The number of hydrogen-bond donors (Lipinski definition) is 3. The van der Waals surface area contributed by atoms with E-state index in [4.69, 9.17) is 10.2 Å². The minimum absolute atomic E-state index is 0.345. The summed E-state index contributed by atoms with van der Waals surface area (Å²) in [4.78, 5) is 23.9. The highest BCUT2D eigenvalue weighted by atomic mass is 16.8. The van der Waals surface area contributed by atoms with Crippen LogP contribution in [0, 0.1) is 0 Å². The summed E-state index contributed by atoms with van der Waals surface area (Å²) in [6, 6.07) is 0. The monoisotopic (exact) mass is 204 g/mol. The number of carbonyl (C=O) groups is 2. The van der Waals surface area contributed by atoms with Gasteiger partial charge in [-0.05, 0) is 0 Å². The van der Waals surface area contributed by atoms with Crippen molar-refractivity contribution in [1.82, 2.24) is 10.8 Å². The number of hydrazone groups is 2. The van der Waals surface area contributed by atoms with Crippen LogP contribution >= 0.6 is 0 Å². The zero-order valence-electron chi connectivity index (χ0n) is 6.45. The highest BCUT2D eigenvalue weighted by Crippen LogP contribution is 1.93. The van der Waals surface area contributed by atoms with E-state index in [1.807, 2.05) is 5.53 Å². The maximum Gasteiger partial charge on any atom is 0.533 e. The van der Waals surface area contributed by atoms with Crippen molar-refractivity contribution in [3.05, 3.63) is 0 Å². The van der Waals surface area contributed by atoms with E-state index in [0.29, 0.717) is 5.28 Å². The van der Waals surface area contributed by atoms with Gasteiger partial charge in [-0.2, -0.15) is 5.53 Å². The second-order valence-electron chi connectivity index (χ2n) is 1.79. The van der Waals surface area contributed by atoms with Gasteiger partial charge in [0, 0.05) is 5.28 Å². The van der Waals surface area contributed by atoms with Crippen LogP contribution in [0.3, 0.4) is 0 Å². The average Bonchev–Trinajstić information content (AvgIpc) is 2.06. The standard InChI is InChI=1S/C4H4N4O6/c9-3(10)13-2-1-5-8(7-6-2)14-4(11)12/h1,7H,(H,9,10)(H,11,12). The molecule has 0 unspecified atom stereocenters. The lowest BCUT2D eigenvalue weighted by atomic mass is 10.7. The molecule has 0 radical (unpaired) electrons. The van der Waals surface area contributed by atoms with Gasteiger partial charge in [-0.1, -0.05) is 0 Å². The van der Waals surface area contributed by atoms with E-state index in [2.05, 4.69) is 19.8 Å². The van der Waals surface area contributed by atoms with E-state index in [-0.39, 0.29) is 5.90 Å². The van der Waals surface area contributed by atoms with E-state index < -0.39 is 12.3 Å². The summed E-state index contributed by atoms with van der Waals surface area (Å²) in [6.45, 7) is 0. The number of carboxylic acid groups (broad SMARTS) is 2. The zero-order chi connectivity index (χ0) is 10.6. The first-order valence-electron chi connectivity index (χ1n) is 3.07. The molecule has 1 aliphatic rings. The highest BCUT2D eigenvalue weighted by molar-refractivity contribution is 6.28. The Hall–Kier alpha value is -2.52. The summed E-state index contributed by atoms with van der Waals surface area (Å²) < 4.78 is 4.07. The predicted molar refractivity (Wildman–Crippen MR) is 39.1 cm³/mol. The van der Waals surface area contributed by atoms with Gasteiger partial charge in [0.15, 0.2) is 0 Å². The van der Waals surface area contributed by atoms with Gasteiger partial charge in [0.1, 0.15) is 6.21 Å². The number of nitrogens with one attached hydrogen (secondary N) is 1. The normalized spacial score (nSPS) is 14.0. The van der Waals surface area contributed by atoms with Crippen molar-refractivity contribution in [3.8, 4) is 0 Å². The van der Waals surface area contributed by atoms with Crippen molar-refractivity contribution >= 4 is 24.4 Å². The Morgan fingerprint density at radius 1 is 1.43 bits per heavy atom. The van der Waals surface area contributed by atoms with Gasteiger partial charge >= 0.3 is 12.3 Å². The molecule has 0 aromatic heterocycles. The first-order valence-corrected chi connectivity index (χ1v) is 3.07. The van der Waals surface area contributed by atoms with Crippen LogP contribution in [0.5, 0.6) is 0 Å². The molecule has 14 heavy (non-hydrogen) atoms. The summed E-state index contributed by atoms with van der Waals surface area (Å²) >= 11 is 0. The van der Waals surface area contributed by atoms with E-state index >= 15 is 0 Å². The van der Waals surface area contributed by atoms with Crippen molar-refractivity contribution in [2.75, 3.05) is 0 Å². The fraction of sp³-hybridized carbons (Fsp3) is 0. The fourth-order valence-electron chi connectivity index (χ4n) is 0.505. The summed E-state index contributed by atoms with van der Waals surface area (Å²) in [6.07, 6.45) is -2.31. The molecule has 10 heteroatoms. The van der Waals surface area contributed by atoms with Gasteiger partial charge in [-0.15, -0.1) is 10.2 Å². The van der Waals surface area contributed by atoms with E-state index in [9.17, 15) is 9.59 Å². The second kappa shape index (κ2) is 3.93. The summed E-state index contributed by atoms with van der Waals surface area (Å²) in [5.74, 6) is -0.345. The molecule has 0 saturated carbocycles. The number of hydrogen-bond acceptors (Lipinski definition) is 8. The van der Waals surface area contributed by atoms with Gasteiger partial charge < -0.3 is 14.9 Å². The quantitative estimate of drug-likeness (QED) is 0.482. The Bertz CT molecular complexity index is 311. The van der Waals surface area contributed by atoms with Crippen molar-refractivity contribution in [2.45, 2.75) is 0 Å². The first kappa shape index (κ1) is 9.57. The lowest BCUT2D eigenvalue weighted by Crippen LogP contribution is -2.36. The SMILES string of the molecule is O=C(O)OC1=NNN(OC(=O)O)N=C1. The molecule has 0 saturated heterocycles. The smallest absolute Gasteiger partial charge is 0.449 e. The molecule has 0 bridgehead atoms. The Morgan fingerprint density at radius 2 is 2.14 bits per heavy atom. The maximum atomic E-state index is 10.00. The van der Waals surface area contributed by atoms with Crippen molar-refractivity contribution < 1.29 is 29.4 Å². The van der Waals surface area contributed by atoms with Crippen LogP contribution < -0.4 is 5.53 Å². The van der Waals surface area contributed by atoms with E-state index in [1.54, 1.807) is 0 Å². The van der Waals surface area contributed by atoms with Crippen LogP contribution in [0.25, 0.3) is 0 Å². The topological polar surface area (TPSA) is 133 Å². The van der Waals surface area contributed by atoms with Gasteiger partial charge in [0.25, 0.3) is 5.90 Å². The third kappa shape index (κ3) is 2.84. The van der Waals surface area contributed by atoms with Crippen LogP contribution in [-0.2, 0) is 9.57 Å². The molecule has 76 valence electrons. The molecule has 0 aliphatic carbocycles. The minimum atomic E-state index is -1.60. The third-order valence-corrected chi connectivity index (χ3v) is 0.875. The van der Waals surface area contributed by atoms with Crippen LogP contribution in [0.2, 0.25) is 0 Å². The van der Waals surface area contributed by atoms with Crippen LogP contribution in [0.15, 0.2) is 10.2 Å². The molecule has 3 N–H and O–H groups in total. The number of rotatable bonds is 1. The second-order valence-corrected chi connectivity index (χ2v) is 1.79. The Kier molecular flexibility index (Phi) is 2.69. The molecule has 0 amide bonds. The molecule has 10 nitrogen and oxygen atoms in total. The van der Waals surface area contributed by atoms with Gasteiger partial charge in [-0.3, -0.25) is 4.84 Å². The maximum absolute atomic E-state index is 10.00. The van der Waals surface area contributed by atoms with Gasteiger partial charge in [0.05, 0.1) is 0 Å². The molecule has 0 aromatic rings. The molecule has 0 atom stereocenters. The Morgan fingerprint density at radius 3 is 2.57 bits per heavy atom. The summed E-state index contributed by atoms with van der Waals surface area (Å²) in [7, 11) is 0. The summed E-state index contributed by atoms with van der Waals surface area (Å²) in [5.41, 5.74) is 1.94. The third-order valence-electron chi connectivity index (χ3n) is 0.875. The first-order chi connectivity index (χ1) is 6.58. The van der Waals surface area contributed by atoms with E-state index in [1.165, 1.54) is 0 Å². The van der Waals surface area contributed by atoms with Crippen LogP contribution in [-0.4, -0.2) is 39.9 Å². The lowest BCUT2D eigenvalue weighted by molar-refractivity contribution is -0.157. The van der Waals surface area contributed by atoms with Crippen molar-refractivity contribution in [3.63, 3.8) is 0 Å². The molecule has 0 aromatic carbocycles. The summed E-state index contributed by atoms with van der Waals surface area (Å²) in [5, 5.41) is 23.2. The largest absolute Gasteiger partial charge is 0.533 e.